The number of hydrogen-bond donors (Lipinski definition) is 2. The molecule has 0 aromatic heterocycles. The Labute approximate surface area is 103 Å². The van der Waals surface area contributed by atoms with Gasteiger partial charge >= 0.3 is 5.97 Å². The zero-order valence-corrected chi connectivity index (χ0v) is 10.9. The molecule has 1 aromatic rings. The van der Waals surface area contributed by atoms with Crippen LogP contribution in [0.5, 0.6) is 0 Å². The maximum absolute atomic E-state index is 10.9. The van der Waals surface area contributed by atoms with Crippen molar-refractivity contribution in [1.82, 2.24) is 0 Å². The van der Waals surface area contributed by atoms with E-state index in [0.717, 1.165) is 10.0 Å². The lowest BCUT2D eigenvalue weighted by atomic mass is 9.93. The van der Waals surface area contributed by atoms with Crippen molar-refractivity contribution in [1.29, 1.82) is 0 Å². The van der Waals surface area contributed by atoms with E-state index >= 15 is 0 Å². The van der Waals surface area contributed by atoms with Gasteiger partial charge in [0.2, 0.25) is 0 Å². The second kappa shape index (κ2) is 5.46. The number of carboxylic acids is 1. The van der Waals surface area contributed by atoms with Gasteiger partial charge in [-0.1, -0.05) is 35.0 Å². The van der Waals surface area contributed by atoms with E-state index in [1.807, 2.05) is 19.1 Å². The summed E-state index contributed by atoms with van der Waals surface area (Å²) in [6.07, 6.45) is -0.575. The van der Waals surface area contributed by atoms with Crippen molar-refractivity contribution in [2.24, 2.45) is 5.92 Å². The van der Waals surface area contributed by atoms with Gasteiger partial charge in [-0.25, -0.2) is 0 Å². The fraction of sp³-hybridized carbons (Fsp3) is 0.417. The first-order valence-electron chi connectivity index (χ1n) is 5.14. The van der Waals surface area contributed by atoms with E-state index in [2.05, 4.69) is 15.9 Å². The number of halogens is 1. The molecule has 0 spiro atoms. The standard InChI is InChI=1S/C12H15BrO3/c1-3-8(12(15)16)11(14)9-5-4-7(2)6-10(9)13/h4-6,8,11,14H,3H2,1-2H3,(H,15,16). The van der Waals surface area contributed by atoms with Gasteiger partial charge in [0.15, 0.2) is 0 Å². The topological polar surface area (TPSA) is 57.5 Å². The van der Waals surface area contributed by atoms with Gasteiger partial charge in [0.05, 0.1) is 12.0 Å². The van der Waals surface area contributed by atoms with Crippen molar-refractivity contribution >= 4 is 21.9 Å². The van der Waals surface area contributed by atoms with Gasteiger partial charge in [0.25, 0.3) is 0 Å². The van der Waals surface area contributed by atoms with Gasteiger partial charge in [0, 0.05) is 4.47 Å². The minimum atomic E-state index is -0.975. The van der Waals surface area contributed by atoms with Crippen LogP contribution in [-0.2, 0) is 4.79 Å². The minimum Gasteiger partial charge on any atom is -0.481 e. The largest absolute Gasteiger partial charge is 0.481 e. The van der Waals surface area contributed by atoms with Crippen molar-refractivity contribution in [3.05, 3.63) is 33.8 Å². The third-order valence-corrected chi connectivity index (χ3v) is 3.30. The normalized spacial score (nSPS) is 14.5. The fourth-order valence-corrected chi connectivity index (χ4v) is 2.35. The molecular weight excluding hydrogens is 272 g/mol. The maximum atomic E-state index is 10.9. The van der Waals surface area contributed by atoms with Crippen molar-refractivity contribution in [3.8, 4) is 0 Å². The summed E-state index contributed by atoms with van der Waals surface area (Å²) in [4.78, 5) is 10.9. The van der Waals surface area contributed by atoms with E-state index < -0.39 is 18.0 Å². The third kappa shape index (κ3) is 2.83. The van der Waals surface area contributed by atoms with E-state index in [0.29, 0.717) is 12.0 Å². The molecule has 0 bridgehead atoms. The first-order chi connectivity index (χ1) is 7.47. The molecule has 0 saturated heterocycles. The van der Waals surface area contributed by atoms with Crippen LogP contribution in [0, 0.1) is 12.8 Å². The van der Waals surface area contributed by atoms with Gasteiger partial charge in [-0.2, -0.15) is 0 Å². The van der Waals surface area contributed by atoms with Crippen LogP contribution in [0.3, 0.4) is 0 Å². The average Bonchev–Trinajstić information content (AvgIpc) is 2.17. The van der Waals surface area contributed by atoms with Crippen LogP contribution in [0.15, 0.2) is 22.7 Å². The molecule has 88 valence electrons. The van der Waals surface area contributed by atoms with Crippen molar-refractivity contribution in [2.75, 3.05) is 0 Å². The molecule has 0 heterocycles. The summed E-state index contributed by atoms with van der Waals surface area (Å²) in [6.45, 7) is 3.69. The van der Waals surface area contributed by atoms with Crippen LogP contribution < -0.4 is 0 Å². The van der Waals surface area contributed by atoms with Gasteiger partial charge in [0.1, 0.15) is 0 Å². The molecule has 3 nitrogen and oxygen atoms in total. The van der Waals surface area contributed by atoms with Gasteiger partial charge in [-0.3, -0.25) is 4.79 Å². The van der Waals surface area contributed by atoms with Crippen molar-refractivity contribution in [2.45, 2.75) is 26.4 Å². The molecule has 2 unspecified atom stereocenters. The molecule has 16 heavy (non-hydrogen) atoms. The molecule has 0 aliphatic heterocycles. The highest BCUT2D eigenvalue weighted by atomic mass is 79.9. The predicted octanol–water partition coefficient (Wildman–Crippen LogP) is 2.90. The SMILES string of the molecule is CCC(C(=O)O)C(O)c1ccc(C)cc1Br. The zero-order chi connectivity index (χ0) is 12.3. The van der Waals surface area contributed by atoms with E-state index in [9.17, 15) is 9.90 Å². The average molecular weight is 287 g/mol. The Morgan fingerprint density at radius 3 is 2.56 bits per heavy atom. The monoisotopic (exact) mass is 286 g/mol. The molecule has 4 heteroatoms. The number of aliphatic hydroxyl groups excluding tert-OH is 1. The second-order valence-electron chi connectivity index (χ2n) is 3.82. The lowest BCUT2D eigenvalue weighted by Gasteiger charge is -2.19. The lowest BCUT2D eigenvalue weighted by Crippen LogP contribution is -2.21. The van der Waals surface area contributed by atoms with Gasteiger partial charge < -0.3 is 10.2 Å². The molecule has 1 rings (SSSR count). The third-order valence-electron chi connectivity index (χ3n) is 2.61. The Bertz CT molecular complexity index is 390. The Hall–Kier alpha value is -0.870. The summed E-state index contributed by atoms with van der Waals surface area (Å²) in [5, 5.41) is 19.0. The molecule has 1 aromatic carbocycles. The Morgan fingerprint density at radius 1 is 1.50 bits per heavy atom. The number of hydrogen-bond acceptors (Lipinski definition) is 2. The molecule has 0 aliphatic carbocycles. The maximum Gasteiger partial charge on any atom is 0.309 e. The Morgan fingerprint density at radius 2 is 2.12 bits per heavy atom. The Kier molecular flexibility index (Phi) is 4.50. The Balaban J connectivity index is 3.03. The summed E-state index contributed by atoms with van der Waals surface area (Å²) in [6, 6.07) is 5.49. The molecule has 0 amide bonds. The van der Waals surface area contributed by atoms with Crippen molar-refractivity contribution < 1.29 is 15.0 Å². The smallest absolute Gasteiger partial charge is 0.309 e. The molecule has 0 radical (unpaired) electrons. The number of carboxylic acid groups (broad SMARTS) is 1. The fourth-order valence-electron chi connectivity index (χ4n) is 1.62. The van der Waals surface area contributed by atoms with E-state index in [4.69, 9.17) is 5.11 Å². The second-order valence-corrected chi connectivity index (χ2v) is 4.68. The minimum absolute atomic E-state index is 0.400. The number of benzene rings is 1. The van der Waals surface area contributed by atoms with Crippen LogP contribution in [0.2, 0.25) is 0 Å². The summed E-state index contributed by atoms with van der Waals surface area (Å²) < 4.78 is 0.750. The highest BCUT2D eigenvalue weighted by molar-refractivity contribution is 9.10. The van der Waals surface area contributed by atoms with E-state index in [1.165, 1.54) is 0 Å². The highest BCUT2D eigenvalue weighted by Gasteiger charge is 2.27. The molecule has 2 N–H and O–H groups in total. The van der Waals surface area contributed by atoms with Crippen LogP contribution in [0.25, 0.3) is 0 Å². The first kappa shape index (κ1) is 13.2. The number of rotatable bonds is 4. The quantitative estimate of drug-likeness (QED) is 0.895. The molecule has 0 aliphatic rings. The van der Waals surface area contributed by atoms with Crippen LogP contribution in [0.1, 0.15) is 30.6 Å². The summed E-state index contributed by atoms with van der Waals surface area (Å²) >= 11 is 3.34. The molecule has 2 atom stereocenters. The molecule has 0 fully saturated rings. The molecule has 0 saturated carbocycles. The first-order valence-corrected chi connectivity index (χ1v) is 5.93. The summed E-state index contributed by atoms with van der Waals surface area (Å²) in [5.41, 5.74) is 1.69. The van der Waals surface area contributed by atoms with Crippen molar-refractivity contribution in [3.63, 3.8) is 0 Å². The van der Waals surface area contributed by atoms with E-state index in [-0.39, 0.29) is 0 Å². The lowest BCUT2D eigenvalue weighted by molar-refractivity contribution is -0.146. The summed E-state index contributed by atoms with van der Waals surface area (Å²) in [7, 11) is 0. The molecular formula is C12H15BrO3. The van der Waals surface area contributed by atoms with Gasteiger partial charge in [-0.05, 0) is 30.5 Å². The summed E-state index contributed by atoms with van der Waals surface area (Å²) in [5.74, 6) is -1.73. The van der Waals surface area contributed by atoms with E-state index in [1.54, 1.807) is 13.0 Å². The predicted molar refractivity (Wildman–Crippen MR) is 65.3 cm³/mol. The van der Waals surface area contributed by atoms with Crippen LogP contribution in [-0.4, -0.2) is 16.2 Å². The van der Waals surface area contributed by atoms with Gasteiger partial charge in [-0.15, -0.1) is 0 Å². The zero-order valence-electron chi connectivity index (χ0n) is 9.27. The van der Waals surface area contributed by atoms with Crippen LogP contribution >= 0.6 is 15.9 Å². The number of aryl methyl sites for hydroxylation is 1. The highest BCUT2D eigenvalue weighted by Crippen LogP contribution is 2.31. The number of carbonyl (C=O) groups is 1. The van der Waals surface area contributed by atoms with Crippen LogP contribution in [0.4, 0.5) is 0 Å². The number of aliphatic hydroxyl groups is 1. The number of aliphatic carboxylic acids is 1.